The number of rotatable bonds is 1. The number of hydrogen-bond acceptors (Lipinski definition) is 0. The van der Waals surface area contributed by atoms with E-state index in [4.69, 9.17) is 0 Å². The van der Waals surface area contributed by atoms with Crippen molar-refractivity contribution in [2.75, 3.05) is 0 Å². The van der Waals surface area contributed by atoms with Crippen molar-refractivity contribution in [3.8, 4) is 0 Å². The SMILES string of the molecule is CC1C(C)(C)CCC1(C)C.CC1CC(C)C(C)C1.CC1CCC(C)C1C.CC1CCCC1.CC1CCC[C@H]1C.CCC(C)(C)C.CCC1CCC1.C[C@@H]1CCCC1(C)C. The molecule has 7 atom stereocenters. The van der Waals surface area contributed by atoms with Crippen LogP contribution in [0.2, 0.25) is 0 Å². The van der Waals surface area contributed by atoms with E-state index in [0.29, 0.717) is 21.7 Å². The van der Waals surface area contributed by atoms with Crippen LogP contribution in [0.4, 0.5) is 0 Å². The Morgan fingerprint density at radius 1 is 0.407 bits per heavy atom. The van der Waals surface area contributed by atoms with E-state index >= 15 is 0 Å². The van der Waals surface area contributed by atoms with Crippen molar-refractivity contribution >= 4 is 0 Å². The molecule has 7 saturated carbocycles. The van der Waals surface area contributed by atoms with Crippen molar-refractivity contribution in [3.63, 3.8) is 0 Å². The van der Waals surface area contributed by atoms with Gasteiger partial charge in [-0.1, -0.05) is 255 Å². The summed E-state index contributed by atoms with van der Waals surface area (Å²) in [5.74, 6) is 12.0. The monoisotopic (exact) mass is 829 g/mol. The molecule has 0 aromatic heterocycles. The molecule has 0 nitrogen and oxygen atoms in total. The predicted octanol–water partition coefficient (Wildman–Crippen LogP) is 21.0. The Labute approximate surface area is 378 Å². The van der Waals surface area contributed by atoms with Crippen LogP contribution >= 0.6 is 0 Å². The summed E-state index contributed by atoms with van der Waals surface area (Å²) in [4.78, 5) is 0. The Morgan fingerprint density at radius 2 is 0.814 bits per heavy atom. The van der Waals surface area contributed by atoms with Gasteiger partial charge in [0.25, 0.3) is 0 Å². The van der Waals surface area contributed by atoms with Gasteiger partial charge in [-0.25, -0.2) is 0 Å². The molecule has 0 heteroatoms. The first-order valence-corrected chi connectivity index (χ1v) is 27.1. The second kappa shape index (κ2) is 28.7. The lowest BCUT2D eigenvalue weighted by Gasteiger charge is -2.31. The standard InChI is InChI=1S/C10H20.3C8H16.C7H14.2C6H12.C6H14/c1-8-9(2,3)6-7-10(8,4)5;1-6-4-7(2)8(3)5-6;1-7-5-4-6-8(7,2)3;1-6-4-5-7(2)8(6)3;1-6-4-3-5-7(6)2;1-6-4-2-3-5-6;1-2-6-4-3-5-6;1-5-6(2,3)4/h8H,6-7H2,1-5H3;6-8H,4-5H2,1-3H3;7H,4-6H2,1-3H3;6-8H,4-5H2,1-3H3;6-7H,3-5H2,1-2H3;2*6H,2-5H2,1H3;5H2,1-4H3/t;;7-;;6-,7?;;;/m..1.1.../s1. The molecule has 0 heterocycles. The van der Waals surface area contributed by atoms with Gasteiger partial charge in [0, 0.05) is 0 Å². The Hall–Kier alpha value is 0. The van der Waals surface area contributed by atoms with E-state index in [1.807, 2.05) is 0 Å². The first-order valence-electron chi connectivity index (χ1n) is 27.1. The summed E-state index contributed by atoms with van der Waals surface area (Å²) in [6, 6.07) is 0. The maximum atomic E-state index is 2.40. The lowest BCUT2D eigenvalue weighted by Crippen LogP contribution is -2.24. The quantitative estimate of drug-likeness (QED) is 0.247. The highest BCUT2D eigenvalue weighted by Crippen LogP contribution is 2.53. The van der Waals surface area contributed by atoms with E-state index in [0.717, 1.165) is 71.0 Å². The van der Waals surface area contributed by atoms with Gasteiger partial charge in [0.05, 0.1) is 0 Å². The maximum Gasteiger partial charge on any atom is -0.0323 e. The van der Waals surface area contributed by atoms with Crippen LogP contribution in [0, 0.1) is 92.7 Å². The van der Waals surface area contributed by atoms with Gasteiger partial charge in [0.1, 0.15) is 0 Å². The third-order valence-corrected chi connectivity index (χ3v) is 18.7. The Morgan fingerprint density at radius 3 is 0.915 bits per heavy atom. The van der Waals surface area contributed by atoms with E-state index in [9.17, 15) is 0 Å². The molecule has 0 amide bonds. The van der Waals surface area contributed by atoms with Crippen molar-refractivity contribution < 1.29 is 0 Å². The smallest absolute Gasteiger partial charge is 0.0323 e. The van der Waals surface area contributed by atoms with E-state index in [2.05, 4.69) is 152 Å². The zero-order chi connectivity index (χ0) is 45.8. The molecular formula is C59H120. The first kappa shape index (κ1) is 59.0. The van der Waals surface area contributed by atoms with Crippen LogP contribution in [0.15, 0.2) is 0 Å². The fourth-order valence-electron chi connectivity index (χ4n) is 10.4. The molecule has 0 aromatic carbocycles. The lowest BCUT2D eigenvalue weighted by molar-refractivity contribution is 0.179. The molecule has 7 aliphatic rings. The summed E-state index contributed by atoms with van der Waals surface area (Å²) in [7, 11) is 0. The van der Waals surface area contributed by atoms with Crippen molar-refractivity contribution in [3.05, 3.63) is 0 Å². The van der Waals surface area contributed by atoms with Crippen molar-refractivity contribution in [1.82, 2.24) is 0 Å². The summed E-state index contributed by atoms with van der Waals surface area (Å²) in [5.41, 5.74) is 2.37. The summed E-state index contributed by atoms with van der Waals surface area (Å²) in [5, 5.41) is 0. The molecule has 7 aliphatic carbocycles. The normalized spacial score (nSPS) is 34.2. The van der Waals surface area contributed by atoms with E-state index < -0.39 is 0 Å². The molecule has 0 saturated heterocycles. The molecule has 5 unspecified atom stereocenters. The highest BCUT2D eigenvalue weighted by molar-refractivity contribution is 4.93. The predicted molar refractivity (Wildman–Crippen MR) is 273 cm³/mol. The summed E-state index contributed by atoms with van der Waals surface area (Å²) in [6.45, 7) is 51.6. The third kappa shape index (κ3) is 25.2. The van der Waals surface area contributed by atoms with Gasteiger partial charge < -0.3 is 0 Å². The molecule has 0 spiro atoms. The summed E-state index contributed by atoms with van der Waals surface area (Å²) < 4.78 is 0. The van der Waals surface area contributed by atoms with Crippen LogP contribution in [0.5, 0.6) is 0 Å². The average molecular weight is 830 g/mol. The van der Waals surface area contributed by atoms with Crippen LogP contribution in [0.3, 0.4) is 0 Å². The fraction of sp³-hybridized carbons (Fsp3) is 1.00. The molecule has 0 aromatic rings. The summed E-state index contributed by atoms with van der Waals surface area (Å²) in [6.07, 6.45) is 30.6. The molecule has 7 rings (SSSR count). The average Bonchev–Trinajstić information content (AvgIpc) is 3.98. The molecule has 0 N–H and O–H groups in total. The largest absolute Gasteiger partial charge is 0.0651 e. The topological polar surface area (TPSA) is 0 Å². The lowest BCUT2D eigenvalue weighted by atomic mass is 9.74. The van der Waals surface area contributed by atoms with Gasteiger partial charge in [0.15, 0.2) is 0 Å². The van der Waals surface area contributed by atoms with Crippen molar-refractivity contribution in [2.45, 2.75) is 287 Å². The minimum atomic E-state index is 0.542. The van der Waals surface area contributed by atoms with Crippen LogP contribution < -0.4 is 0 Å². The Bertz CT molecular complexity index is 949. The molecule has 0 aliphatic heterocycles. The number of hydrogen-bond donors (Lipinski definition) is 0. The highest BCUT2D eigenvalue weighted by atomic mass is 14.5. The maximum absolute atomic E-state index is 2.40. The van der Waals surface area contributed by atoms with E-state index in [1.54, 1.807) is 0 Å². The van der Waals surface area contributed by atoms with Gasteiger partial charge >= 0.3 is 0 Å². The second-order valence-electron chi connectivity index (χ2n) is 26.3. The van der Waals surface area contributed by atoms with Gasteiger partial charge in [-0.15, -0.1) is 0 Å². The van der Waals surface area contributed by atoms with Crippen LogP contribution in [0.1, 0.15) is 287 Å². The van der Waals surface area contributed by atoms with Gasteiger partial charge in [0.2, 0.25) is 0 Å². The van der Waals surface area contributed by atoms with E-state index in [-0.39, 0.29) is 0 Å². The van der Waals surface area contributed by atoms with Crippen LogP contribution in [-0.4, -0.2) is 0 Å². The molecule has 0 radical (unpaired) electrons. The molecular weight excluding hydrogens is 709 g/mol. The highest BCUT2D eigenvalue weighted by Gasteiger charge is 2.43. The fourth-order valence-corrected chi connectivity index (χ4v) is 10.4. The zero-order valence-electron chi connectivity index (χ0n) is 45.8. The van der Waals surface area contributed by atoms with Gasteiger partial charge in [-0.05, 0) is 125 Å². The van der Waals surface area contributed by atoms with Crippen LogP contribution in [0.25, 0.3) is 0 Å². The van der Waals surface area contributed by atoms with E-state index in [1.165, 1.54) is 135 Å². The van der Waals surface area contributed by atoms with Gasteiger partial charge in [-0.3, -0.25) is 0 Å². The molecule has 59 heavy (non-hydrogen) atoms. The Balaban J connectivity index is 0.000000655. The second-order valence-corrected chi connectivity index (χ2v) is 26.3. The Kier molecular flexibility index (Phi) is 28.7. The van der Waals surface area contributed by atoms with Crippen molar-refractivity contribution in [2.24, 2.45) is 92.7 Å². The minimum absolute atomic E-state index is 0.542. The van der Waals surface area contributed by atoms with Crippen molar-refractivity contribution in [1.29, 1.82) is 0 Å². The molecule has 7 fully saturated rings. The first-order chi connectivity index (χ1) is 27.1. The summed E-state index contributed by atoms with van der Waals surface area (Å²) >= 11 is 0. The third-order valence-electron chi connectivity index (χ3n) is 18.7. The van der Waals surface area contributed by atoms with Gasteiger partial charge in [-0.2, -0.15) is 0 Å². The molecule has 356 valence electrons. The zero-order valence-corrected chi connectivity index (χ0v) is 45.8. The molecule has 0 bridgehead atoms. The van der Waals surface area contributed by atoms with Crippen LogP contribution in [-0.2, 0) is 0 Å². The minimum Gasteiger partial charge on any atom is -0.0651 e.